The number of hydrogen-bond acceptors (Lipinski definition) is 6. The van der Waals surface area contributed by atoms with Crippen LogP contribution < -0.4 is 15.8 Å². The minimum atomic E-state index is -2.67. The van der Waals surface area contributed by atoms with E-state index < -0.39 is 18.2 Å². The number of hydrogen-bond donors (Lipinski definition) is 2. The van der Waals surface area contributed by atoms with Crippen molar-refractivity contribution in [2.75, 3.05) is 18.0 Å². The number of rotatable bonds is 4. The fraction of sp³-hybridized carbons (Fsp3) is 0.789. The Balaban J connectivity index is 1.33. The maximum atomic E-state index is 14.6. The van der Waals surface area contributed by atoms with E-state index in [2.05, 4.69) is 20.8 Å². The van der Waals surface area contributed by atoms with Crippen LogP contribution in [0.1, 0.15) is 50.8 Å². The summed E-state index contributed by atoms with van der Waals surface area (Å²) >= 11 is 0. The summed E-state index contributed by atoms with van der Waals surface area (Å²) in [7, 11) is 0. The average molecular weight is 397 g/mol. The molecule has 0 bridgehead atoms. The Bertz CT molecular complexity index is 746. The highest BCUT2D eigenvalue weighted by atomic mass is 19.3. The van der Waals surface area contributed by atoms with Gasteiger partial charge in [0.2, 0.25) is 0 Å². The smallest absolute Gasteiger partial charge is 0.266 e. The average Bonchev–Trinajstić information content (AvgIpc) is 3.07. The number of halogens is 3. The van der Waals surface area contributed by atoms with Crippen molar-refractivity contribution in [3.63, 3.8) is 0 Å². The normalized spacial score (nSPS) is 38.4. The summed E-state index contributed by atoms with van der Waals surface area (Å²) in [4.78, 5) is 10.2. The van der Waals surface area contributed by atoms with Crippen LogP contribution in [0.2, 0.25) is 0 Å². The van der Waals surface area contributed by atoms with Crippen molar-refractivity contribution < 1.29 is 17.9 Å². The topological polar surface area (TPSA) is 62.3 Å². The summed E-state index contributed by atoms with van der Waals surface area (Å²) in [5.41, 5.74) is 7.02. The van der Waals surface area contributed by atoms with E-state index in [1.54, 1.807) is 11.0 Å². The third-order valence-corrected chi connectivity index (χ3v) is 6.63. The Labute approximate surface area is 162 Å². The second-order valence-electron chi connectivity index (χ2n) is 8.96. The molecular formula is C19H26F3N5O. The zero-order valence-corrected chi connectivity index (χ0v) is 15.9. The molecule has 5 unspecified atom stereocenters. The first-order valence-corrected chi connectivity index (χ1v) is 10.1. The number of fused-ring (bicyclic) bond motifs is 1. The van der Waals surface area contributed by atoms with Gasteiger partial charge >= 0.3 is 0 Å². The third-order valence-electron chi connectivity index (χ3n) is 6.63. The molecule has 4 fully saturated rings. The first kappa shape index (κ1) is 18.6. The van der Waals surface area contributed by atoms with Gasteiger partial charge in [0.1, 0.15) is 18.3 Å². The van der Waals surface area contributed by atoms with E-state index in [4.69, 9.17) is 4.74 Å². The number of anilines is 1. The molecule has 2 saturated carbocycles. The van der Waals surface area contributed by atoms with Gasteiger partial charge in [0.15, 0.2) is 0 Å². The zero-order valence-electron chi connectivity index (χ0n) is 15.9. The van der Waals surface area contributed by atoms with Crippen LogP contribution in [-0.2, 0) is 4.74 Å². The molecule has 2 saturated heterocycles. The van der Waals surface area contributed by atoms with E-state index in [-0.39, 0.29) is 43.1 Å². The largest absolute Gasteiger partial charge is 0.369 e. The van der Waals surface area contributed by atoms with Gasteiger partial charge in [-0.3, -0.25) is 5.43 Å². The van der Waals surface area contributed by atoms with E-state index in [1.807, 2.05) is 6.92 Å². The van der Waals surface area contributed by atoms with Crippen LogP contribution in [0.4, 0.5) is 19.0 Å². The Morgan fingerprint density at radius 1 is 1.18 bits per heavy atom. The van der Waals surface area contributed by atoms with E-state index >= 15 is 0 Å². The molecule has 5 rings (SSSR count). The minimum Gasteiger partial charge on any atom is -0.369 e. The highest BCUT2D eigenvalue weighted by molar-refractivity contribution is 5.41. The van der Waals surface area contributed by atoms with Gasteiger partial charge in [0.25, 0.3) is 5.92 Å². The van der Waals surface area contributed by atoms with Crippen molar-refractivity contribution in [1.82, 2.24) is 20.8 Å². The van der Waals surface area contributed by atoms with Crippen LogP contribution in [0, 0.1) is 5.92 Å². The Hall–Kier alpha value is -1.45. The number of nitrogens with zero attached hydrogens (tertiary/aromatic N) is 3. The lowest BCUT2D eigenvalue weighted by Gasteiger charge is -2.36. The summed E-state index contributed by atoms with van der Waals surface area (Å²) in [6.07, 6.45) is 2.85. The molecule has 154 valence electrons. The van der Waals surface area contributed by atoms with Crippen molar-refractivity contribution in [3.8, 4) is 0 Å². The van der Waals surface area contributed by atoms with Crippen molar-refractivity contribution in [2.45, 2.75) is 74.9 Å². The molecule has 0 spiro atoms. The molecule has 0 aromatic carbocycles. The lowest BCUT2D eigenvalue weighted by atomic mass is 9.78. The number of ether oxygens (including phenoxy) is 1. The number of alkyl halides is 3. The van der Waals surface area contributed by atoms with E-state index in [0.29, 0.717) is 18.7 Å². The molecule has 3 heterocycles. The highest BCUT2D eigenvalue weighted by Gasteiger charge is 2.50. The fourth-order valence-corrected chi connectivity index (χ4v) is 4.70. The number of hydrazine groups is 1. The summed E-state index contributed by atoms with van der Waals surface area (Å²) in [6.45, 7) is 2.00. The van der Waals surface area contributed by atoms with Crippen LogP contribution in [0.5, 0.6) is 0 Å². The second-order valence-corrected chi connectivity index (χ2v) is 8.96. The number of aromatic nitrogens is 2. The van der Waals surface area contributed by atoms with Crippen molar-refractivity contribution in [2.24, 2.45) is 5.92 Å². The summed E-state index contributed by atoms with van der Waals surface area (Å²) in [5.74, 6) is -2.03. The molecule has 0 radical (unpaired) electrons. The van der Waals surface area contributed by atoms with Gasteiger partial charge < -0.3 is 9.64 Å². The third kappa shape index (κ3) is 3.48. The highest BCUT2D eigenvalue weighted by Crippen LogP contribution is 2.45. The fourth-order valence-electron chi connectivity index (χ4n) is 4.70. The summed E-state index contributed by atoms with van der Waals surface area (Å²) in [6, 6.07) is 1.66. The molecule has 1 aromatic rings. The molecule has 0 amide bonds. The molecule has 6 nitrogen and oxygen atoms in total. The Morgan fingerprint density at radius 2 is 2.00 bits per heavy atom. The maximum Gasteiger partial charge on any atom is 0.266 e. The van der Waals surface area contributed by atoms with E-state index in [9.17, 15) is 13.2 Å². The monoisotopic (exact) mass is 397 g/mol. The van der Waals surface area contributed by atoms with Crippen LogP contribution in [-0.4, -0.2) is 52.9 Å². The predicted octanol–water partition coefficient (Wildman–Crippen LogP) is 2.53. The molecule has 4 aliphatic rings. The lowest BCUT2D eigenvalue weighted by molar-refractivity contribution is -0.0886. The van der Waals surface area contributed by atoms with Gasteiger partial charge in [0, 0.05) is 31.0 Å². The van der Waals surface area contributed by atoms with Crippen LogP contribution in [0.3, 0.4) is 0 Å². The van der Waals surface area contributed by atoms with Crippen LogP contribution in [0.15, 0.2) is 12.4 Å². The summed E-state index contributed by atoms with van der Waals surface area (Å²) < 4.78 is 47.8. The minimum absolute atomic E-state index is 0.00129. The lowest BCUT2D eigenvalue weighted by Crippen LogP contribution is -2.45. The van der Waals surface area contributed by atoms with Gasteiger partial charge in [-0.2, -0.15) is 0 Å². The Morgan fingerprint density at radius 3 is 2.71 bits per heavy atom. The van der Waals surface area contributed by atoms with Crippen LogP contribution in [0.25, 0.3) is 0 Å². The Kier molecular flexibility index (Phi) is 4.33. The van der Waals surface area contributed by atoms with Crippen molar-refractivity contribution in [3.05, 3.63) is 18.1 Å². The van der Waals surface area contributed by atoms with E-state index in [0.717, 1.165) is 18.5 Å². The molecule has 2 aliphatic carbocycles. The molecule has 5 atom stereocenters. The predicted molar refractivity (Wildman–Crippen MR) is 96.7 cm³/mol. The van der Waals surface area contributed by atoms with Crippen LogP contribution >= 0.6 is 0 Å². The molecular weight excluding hydrogens is 371 g/mol. The molecule has 2 N–H and O–H groups in total. The zero-order chi connectivity index (χ0) is 19.5. The second kappa shape index (κ2) is 6.53. The van der Waals surface area contributed by atoms with Crippen molar-refractivity contribution in [1.29, 1.82) is 0 Å². The van der Waals surface area contributed by atoms with Gasteiger partial charge in [-0.15, -0.1) is 0 Å². The number of nitrogens with one attached hydrogen (secondary N) is 2. The standard InChI is InChI=1S/C19H26F3N5O/c1-18(2-3-18)28-15-6-11-13(7-12(15)20)25-26-17(11)14-8-16(24-10-23-14)27-5-4-19(21,22)9-27/h8,10-13,15,17,25-26H,2-7,9H2,1H3. The molecule has 2 aliphatic heterocycles. The van der Waals surface area contributed by atoms with E-state index in [1.165, 1.54) is 6.33 Å². The van der Waals surface area contributed by atoms with Gasteiger partial charge in [0.05, 0.1) is 30.0 Å². The molecule has 1 aromatic heterocycles. The molecule has 28 heavy (non-hydrogen) atoms. The molecule has 9 heteroatoms. The first-order chi connectivity index (χ1) is 13.3. The summed E-state index contributed by atoms with van der Waals surface area (Å²) in [5, 5.41) is 0. The van der Waals surface area contributed by atoms with Crippen molar-refractivity contribution >= 4 is 5.82 Å². The van der Waals surface area contributed by atoms with Gasteiger partial charge in [-0.05, 0) is 32.6 Å². The van der Waals surface area contributed by atoms with Gasteiger partial charge in [-0.1, -0.05) is 0 Å². The van der Waals surface area contributed by atoms with Gasteiger partial charge in [-0.25, -0.2) is 28.6 Å². The maximum absolute atomic E-state index is 14.6. The quantitative estimate of drug-likeness (QED) is 0.814. The SMILES string of the molecule is CC1(OC2CC3C(CC2F)NNC3c2cc(N3CCC(F)(F)C3)ncn2)CC1. The first-order valence-electron chi connectivity index (χ1n) is 10.1.